The number of carbonyl (C=O) groups excluding carboxylic acids is 1. The van der Waals surface area contributed by atoms with Crippen molar-refractivity contribution in [2.75, 3.05) is 13.1 Å². The topological polar surface area (TPSA) is 99.7 Å². The number of aromatic amines is 1. The molecule has 9 heteroatoms. The maximum atomic E-state index is 12.5. The summed E-state index contributed by atoms with van der Waals surface area (Å²) in [6.07, 6.45) is 4.42. The molecular formula is C19H23N7OS. The molecule has 8 nitrogen and oxygen atoms in total. The minimum Gasteiger partial charge on any atom is -0.352 e. The van der Waals surface area contributed by atoms with Gasteiger partial charge in [-0.3, -0.25) is 14.7 Å². The normalized spacial score (nSPS) is 14.0. The first-order valence-electron chi connectivity index (χ1n) is 9.49. The van der Waals surface area contributed by atoms with Crippen molar-refractivity contribution < 1.29 is 4.79 Å². The first-order valence-corrected chi connectivity index (χ1v) is 10.4. The summed E-state index contributed by atoms with van der Waals surface area (Å²) in [6.45, 7) is 5.28. The lowest BCUT2D eigenvalue weighted by Gasteiger charge is -2.27. The lowest BCUT2D eigenvalue weighted by molar-refractivity contribution is 0.0952. The van der Waals surface area contributed by atoms with Gasteiger partial charge in [0.05, 0.1) is 11.3 Å². The quantitative estimate of drug-likeness (QED) is 0.630. The number of pyridine rings is 1. The van der Waals surface area contributed by atoms with E-state index in [9.17, 15) is 4.79 Å². The third-order valence-corrected chi connectivity index (χ3v) is 5.99. The zero-order valence-electron chi connectivity index (χ0n) is 15.8. The third-order valence-electron chi connectivity index (χ3n) is 4.97. The first kappa shape index (κ1) is 18.7. The molecule has 0 fully saturated rings. The number of hydrogen-bond acceptors (Lipinski definition) is 7. The van der Waals surface area contributed by atoms with Crippen molar-refractivity contribution in [2.24, 2.45) is 0 Å². The number of fused-ring (bicyclic) bond motifs is 1. The molecule has 0 aromatic carbocycles. The minimum absolute atomic E-state index is 0.0220. The second-order valence-electron chi connectivity index (χ2n) is 6.86. The fraction of sp³-hybridized carbons (Fsp3) is 0.421. The molecule has 0 radical (unpaired) electrons. The van der Waals surface area contributed by atoms with E-state index in [4.69, 9.17) is 0 Å². The summed E-state index contributed by atoms with van der Waals surface area (Å²) in [5.41, 5.74) is 4.35. The molecule has 1 aliphatic heterocycles. The van der Waals surface area contributed by atoms with Gasteiger partial charge in [-0.05, 0) is 30.0 Å². The maximum Gasteiger partial charge on any atom is 0.252 e. The number of nitrogens with zero attached hydrogens (tertiary/aromatic N) is 5. The smallest absolute Gasteiger partial charge is 0.252 e. The molecule has 3 aromatic rings. The van der Waals surface area contributed by atoms with Gasteiger partial charge in [0, 0.05) is 49.1 Å². The summed E-state index contributed by atoms with van der Waals surface area (Å²) < 4.78 is 0. The van der Waals surface area contributed by atoms with Gasteiger partial charge in [-0.2, -0.15) is 5.21 Å². The van der Waals surface area contributed by atoms with Crippen LogP contribution in [-0.4, -0.2) is 49.5 Å². The molecule has 0 spiro atoms. The van der Waals surface area contributed by atoms with Crippen LogP contribution in [0.15, 0.2) is 23.7 Å². The van der Waals surface area contributed by atoms with Crippen molar-refractivity contribution in [2.45, 2.75) is 39.3 Å². The Morgan fingerprint density at radius 1 is 1.39 bits per heavy atom. The molecule has 0 saturated carbocycles. The summed E-state index contributed by atoms with van der Waals surface area (Å²) in [5, 5.41) is 18.6. The number of aryl methyl sites for hydroxylation is 1. The van der Waals surface area contributed by atoms with Gasteiger partial charge < -0.3 is 5.32 Å². The standard InChI is InChI=1S/C19H23N7OS/c1-2-13-3-4-14(21-9-13)10-26-8-6-15-16(12-28-17(15)11-26)19(27)20-7-5-18-22-24-25-23-18/h3-4,9,12H,2,5-8,10-11H2,1H3,(H,20,27)(H,22,23,24,25). The van der Waals surface area contributed by atoms with Gasteiger partial charge in [0.15, 0.2) is 5.82 Å². The molecule has 0 aliphatic carbocycles. The van der Waals surface area contributed by atoms with E-state index in [-0.39, 0.29) is 5.91 Å². The van der Waals surface area contributed by atoms with Gasteiger partial charge in [0.2, 0.25) is 0 Å². The van der Waals surface area contributed by atoms with E-state index in [1.807, 2.05) is 11.6 Å². The van der Waals surface area contributed by atoms with E-state index in [0.717, 1.165) is 43.7 Å². The van der Waals surface area contributed by atoms with Gasteiger partial charge in [-0.1, -0.05) is 18.2 Å². The Labute approximate surface area is 167 Å². The summed E-state index contributed by atoms with van der Waals surface area (Å²) in [6, 6.07) is 4.27. The molecule has 0 atom stereocenters. The van der Waals surface area contributed by atoms with Gasteiger partial charge in [0.25, 0.3) is 5.91 Å². The Hall–Kier alpha value is -2.65. The van der Waals surface area contributed by atoms with Crippen molar-refractivity contribution >= 4 is 17.2 Å². The number of carbonyl (C=O) groups is 1. The van der Waals surface area contributed by atoms with Crippen LogP contribution in [0.5, 0.6) is 0 Å². The summed E-state index contributed by atoms with van der Waals surface area (Å²) >= 11 is 1.67. The van der Waals surface area contributed by atoms with Crippen LogP contribution in [0.2, 0.25) is 0 Å². The summed E-state index contributed by atoms with van der Waals surface area (Å²) in [4.78, 5) is 20.8. The van der Waals surface area contributed by atoms with Crippen LogP contribution in [0.4, 0.5) is 0 Å². The monoisotopic (exact) mass is 397 g/mol. The Kier molecular flexibility index (Phi) is 5.73. The Balaban J connectivity index is 1.33. The molecule has 0 saturated heterocycles. The van der Waals surface area contributed by atoms with Crippen LogP contribution in [0.1, 0.15) is 44.8 Å². The molecular weight excluding hydrogens is 374 g/mol. The van der Waals surface area contributed by atoms with Crippen LogP contribution in [-0.2, 0) is 32.4 Å². The predicted octanol–water partition coefficient (Wildman–Crippen LogP) is 1.75. The highest BCUT2D eigenvalue weighted by Gasteiger charge is 2.24. The molecule has 4 rings (SSSR count). The molecule has 2 N–H and O–H groups in total. The number of thiophene rings is 1. The van der Waals surface area contributed by atoms with E-state index >= 15 is 0 Å². The van der Waals surface area contributed by atoms with E-state index in [1.165, 1.54) is 16.0 Å². The van der Waals surface area contributed by atoms with Crippen LogP contribution in [0, 0.1) is 0 Å². The first-order chi connectivity index (χ1) is 13.7. The van der Waals surface area contributed by atoms with Crippen molar-refractivity contribution in [3.05, 3.63) is 56.8 Å². The van der Waals surface area contributed by atoms with Crippen molar-refractivity contribution in [1.29, 1.82) is 0 Å². The number of rotatable bonds is 7. The summed E-state index contributed by atoms with van der Waals surface area (Å²) in [7, 11) is 0. The molecule has 0 unspecified atom stereocenters. The molecule has 28 heavy (non-hydrogen) atoms. The second kappa shape index (κ2) is 8.57. The van der Waals surface area contributed by atoms with E-state index in [1.54, 1.807) is 11.3 Å². The number of aromatic nitrogens is 5. The van der Waals surface area contributed by atoms with Crippen molar-refractivity contribution in [1.82, 2.24) is 35.8 Å². The highest BCUT2D eigenvalue weighted by molar-refractivity contribution is 7.10. The van der Waals surface area contributed by atoms with Gasteiger partial charge in [0.1, 0.15) is 0 Å². The van der Waals surface area contributed by atoms with Gasteiger partial charge >= 0.3 is 0 Å². The molecule has 146 valence electrons. The second-order valence-corrected chi connectivity index (χ2v) is 7.82. The third kappa shape index (κ3) is 4.26. The molecule has 0 bridgehead atoms. The largest absolute Gasteiger partial charge is 0.352 e. The summed E-state index contributed by atoms with van der Waals surface area (Å²) in [5.74, 6) is 0.579. The number of tetrazole rings is 1. The molecule has 1 amide bonds. The van der Waals surface area contributed by atoms with Crippen LogP contribution >= 0.6 is 11.3 Å². The number of nitrogens with one attached hydrogen (secondary N) is 2. The molecule has 4 heterocycles. The number of H-pyrrole nitrogens is 1. The van der Waals surface area contributed by atoms with Crippen molar-refractivity contribution in [3.63, 3.8) is 0 Å². The van der Waals surface area contributed by atoms with Crippen LogP contribution < -0.4 is 5.32 Å². The lowest BCUT2D eigenvalue weighted by Crippen LogP contribution is -2.31. The minimum atomic E-state index is -0.0220. The maximum absolute atomic E-state index is 12.5. The highest BCUT2D eigenvalue weighted by Crippen LogP contribution is 2.29. The van der Waals surface area contributed by atoms with E-state index in [2.05, 4.69) is 54.9 Å². The van der Waals surface area contributed by atoms with E-state index < -0.39 is 0 Å². The fourth-order valence-electron chi connectivity index (χ4n) is 3.37. The van der Waals surface area contributed by atoms with Crippen LogP contribution in [0.3, 0.4) is 0 Å². The average Bonchev–Trinajstić information content (AvgIpc) is 3.38. The molecule has 3 aromatic heterocycles. The highest BCUT2D eigenvalue weighted by atomic mass is 32.1. The number of amides is 1. The molecule has 1 aliphatic rings. The van der Waals surface area contributed by atoms with Gasteiger partial charge in [-0.25, -0.2) is 0 Å². The Morgan fingerprint density at radius 3 is 3.07 bits per heavy atom. The Bertz CT molecular complexity index is 920. The number of hydrogen-bond donors (Lipinski definition) is 2. The van der Waals surface area contributed by atoms with Crippen LogP contribution in [0.25, 0.3) is 0 Å². The SMILES string of the molecule is CCc1ccc(CN2CCc3c(C(=O)NCCc4nn[nH]n4)csc3C2)nc1. The van der Waals surface area contributed by atoms with Gasteiger partial charge in [-0.15, -0.1) is 21.5 Å². The fourth-order valence-corrected chi connectivity index (χ4v) is 4.49. The average molecular weight is 398 g/mol. The zero-order valence-corrected chi connectivity index (χ0v) is 16.6. The Morgan fingerprint density at radius 2 is 2.32 bits per heavy atom. The lowest BCUT2D eigenvalue weighted by atomic mass is 10.0. The zero-order chi connectivity index (χ0) is 19.3. The van der Waals surface area contributed by atoms with Crippen molar-refractivity contribution in [3.8, 4) is 0 Å². The van der Waals surface area contributed by atoms with E-state index in [0.29, 0.717) is 18.8 Å². The predicted molar refractivity (Wildman–Crippen MR) is 106 cm³/mol.